The van der Waals surface area contributed by atoms with Crippen LogP contribution in [0.15, 0.2) is 12.2 Å². The Hall–Kier alpha value is -1.16. The minimum Gasteiger partial charge on any atom is -0.315 e. The van der Waals surface area contributed by atoms with Crippen molar-refractivity contribution < 1.29 is 9.59 Å². The summed E-state index contributed by atoms with van der Waals surface area (Å²) in [5, 5.41) is 3.33. The molecule has 0 saturated carbocycles. The van der Waals surface area contributed by atoms with Crippen molar-refractivity contribution in [3.05, 3.63) is 12.2 Å². The van der Waals surface area contributed by atoms with E-state index in [4.69, 9.17) is 0 Å². The van der Waals surface area contributed by atoms with Crippen molar-refractivity contribution in [1.82, 2.24) is 10.2 Å². The molecular formula is C14H20N2O2. The number of imide groups is 1. The van der Waals surface area contributed by atoms with Gasteiger partial charge in [0.1, 0.15) is 0 Å². The summed E-state index contributed by atoms with van der Waals surface area (Å²) in [4.78, 5) is 26.4. The highest BCUT2D eigenvalue weighted by Gasteiger charge is 2.49. The number of likely N-dealkylation sites (tertiary alicyclic amines) is 1. The van der Waals surface area contributed by atoms with Crippen LogP contribution in [0.5, 0.6) is 0 Å². The molecule has 2 fully saturated rings. The van der Waals surface area contributed by atoms with E-state index in [2.05, 4.69) is 5.32 Å². The first-order valence-corrected chi connectivity index (χ1v) is 7.01. The monoisotopic (exact) mass is 248 g/mol. The quantitative estimate of drug-likeness (QED) is 0.558. The van der Waals surface area contributed by atoms with Crippen molar-refractivity contribution in [3.63, 3.8) is 0 Å². The number of carbonyl (C=O) groups excluding carboxylic acids is 2. The second-order valence-electron chi connectivity index (χ2n) is 5.56. The van der Waals surface area contributed by atoms with Gasteiger partial charge in [0, 0.05) is 6.54 Å². The molecule has 0 radical (unpaired) electrons. The Kier molecular flexibility index (Phi) is 3.20. The molecule has 1 aliphatic carbocycles. The molecule has 4 nitrogen and oxygen atoms in total. The van der Waals surface area contributed by atoms with Crippen molar-refractivity contribution in [1.29, 1.82) is 0 Å². The van der Waals surface area contributed by atoms with Gasteiger partial charge in [-0.2, -0.15) is 0 Å². The van der Waals surface area contributed by atoms with Crippen molar-refractivity contribution in [2.24, 2.45) is 11.8 Å². The van der Waals surface area contributed by atoms with Crippen LogP contribution in [-0.2, 0) is 9.59 Å². The van der Waals surface area contributed by atoms with E-state index < -0.39 is 0 Å². The highest BCUT2D eigenvalue weighted by atomic mass is 16.2. The number of rotatable bonds is 1. The van der Waals surface area contributed by atoms with Gasteiger partial charge in [0.15, 0.2) is 0 Å². The molecule has 98 valence electrons. The smallest absolute Gasteiger partial charge is 0.233 e. The summed E-state index contributed by atoms with van der Waals surface area (Å²) in [5.41, 5.74) is 0. The van der Waals surface area contributed by atoms with Gasteiger partial charge in [-0.15, -0.1) is 0 Å². The molecule has 4 heteroatoms. The van der Waals surface area contributed by atoms with E-state index in [0.717, 1.165) is 45.2 Å². The molecule has 2 aliphatic heterocycles. The van der Waals surface area contributed by atoms with E-state index in [-0.39, 0.29) is 29.7 Å². The topological polar surface area (TPSA) is 49.4 Å². The lowest BCUT2D eigenvalue weighted by molar-refractivity contribution is -0.142. The first kappa shape index (κ1) is 11.9. The lowest BCUT2D eigenvalue weighted by Gasteiger charge is -2.25. The Balaban J connectivity index is 1.80. The molecule has 2 saturated heterocycles. The van der Waals surface area contributed by atoms with Crippen LogP contribution >= 0.6 is 0 Å². The van der Waals surface area contributed by atoms with Gasteiger partial charge < -0.3 is 5.32 Å². The Labute approximate surface area is 107 Å². The van der Waals surface area contributed by atoms with E-state index in [1.807, 2.05) is 12.2 Å². The predicted molar refractivity (Wildman–Crippen MR) is 67.7 cm³/mol. The lowest BCUT2D eigenvalue weighted by atomic mass is 9.85. The predicted octanol–water partition coefficient (Wildman–Crippen LogP) is 1.08. The molecule has 3 atom stereocenters. The van der Waals surface area contributed by atoms with Crippen LogP contribution in [-0.4, -0.2) is 35.8 Å². The molecule has 0 aromatic rings. The maximum absolute atomic E-state index is 12.4. The maximum Gasteiger partial charge on any atom is 0.233 e. The van der Waals surface area contributed by atoms with Gasteiger partial charge in [-0.1, -0.05) is 18.6 Å². The highest BCUT2D eigenvalue weighted by molar-refractivity contribution is 6.05. The van der Waals surface area contributed by atoms with Crippen LogP contribution < -0.4 is 5.32 Å². The number of carbonyl (C=O) groups is 2. The van der Waals surface area contributed by atoms with Crippen LogP contribution in [0.1, 0.15) is 32.1 Å². The van der Waals surface area contributed by atoms with Gasteiger partial charge in [-0.3, -0.25) is 14.5 Å². The van der Waals surface area contributed by atoms with E-state index in [1.54, 1.807) is 4.90 Å². The van der Waals surface area contributed by atoms with Crippen molar-refractivity contribution in [2.45, 2.75) is 38.1 Å². The Morgan fingerprint density at radius 3 is 2.39 bits per heavy atom. The second kappa shape index (κ2) is 4.84. The van der Waals surface area contributed by atoms with Gasteiger partial charge in [0.2, 0.25) is 11.8 Å². The fraction of sp³-hybridized carbons (Fsp3) is 0.714. The molecule has 0 spiro atoms. The van der Waals surface area contributed by atoms with E-state index >= 15 is 0 Å². The minimum absolute atomic E-state index is 0.0723. The van der Waals surface area contributed by atoms with Gasteiger partial charge in [0.05, 0.1) is 17.9 Å². The molecule has 3 rings (SSSR count). The number of hydrogen-bond donors (Lipinski definition) is 1. The second-order valence-corrected chi connectivity index (χ2v) is 5.56. The summed E-state index contributed by atoms with van der Waals surface area (Å²) < 4.78 is 0. The third kappa shape index (κ3) is 1.88. The molecular weight excluding hydrogens is 228 g/mol. The third-order valence-electron chi connectivity index (χ3n) is 4.43. The van der Waals surface area contributed by atoms with Crippen molar-refractivity contribution >= 4 is 11.8 Å². The normalized spacial score (nSPS) is 36.7. The zero-order chi connectivity index (χ0) is 12.5. The number of nitrogens with one attached hydrogen (secondary N) is 1. The number of nitrogens with zero attached hydrogens (tertiary/aromatic N) is 1. The van der Waals surface area contributed by atoms with Crippen LogP contribution in [0, 0.1) is 11.8 Å². The zero-order valence-corrected chi connectivity index (χ0v) is 10.6. The summed E-state index contributed by atoms with van der Waals surface area (Å²) >= 11 is 0. The number of allylic oxidation sites excluding steroid dienone is 2. The van der Waals surface area contributed by atoms with Crippen LogP contribution in [0.3, 0.4) is 0 Å². The van der Waals surface area contributed by atoms with Gasteiger partial charge in [0.25, 0.3) is 0 Å². The largest absolute Gasteiger partial charge is 0.315 e. The number of hydrogen-bond acceptors (Lipinski definition) is 3. The highest BCUT2D eigenvalue weighted by Crippen LogP contribution is 2.36. The van der Waals surface area contributed by atoms with Crippen molar-refractivity contribution in [3.8, 4) is 0 Å². The van der Waals surface area contributed by atoms with E-state index in [9.17, 15) is 9.59 Å². The first-order chi connectivity index (χ1) is 8.79. The molecule has 0 bridgehead atoms. The molecule has 2 amide bonds. The lowest BCUT2D eigenvalue weighted by Crippen LogP contribution is -2.45. The standard InChI is InChI=1S/C14H20N2O2/c17-13-11-6-1-2-7-12(11)14(18)16(13)10-5-3-4-8-15-9-10/h1-2,10-12,15H,3-9H2/t10?,11-,12+. The van der Waals surface area contributed by atoms with Gasteiger partial charge in [-0.05, 0) is 32.2 Å². The maximum atomic E-state index is 12.4. The van der Waals surface area contributed by atoms with E-state index in [1.165, 1.54) is 0 Å². The van der Waals surface area contributed by atoms with E-state index in [0.29, 0.717) is 0 Å². The molecule has 3 aliphatic rings. The molecule has 1 unspecified atom stereocenters. The summed E-state index contributed by atoms with van der Waals surface area (Å²) in [7, 11) is 0. The van der Waals surface area contributed by atoms with Crippen LogP contribution in [0.2, 0.25) is 0 Å². The van der Waals surface area contributed by atoms with Crippen LogP contribution in [0.4, 0.5) is 0 Å². The third-order valence-corrected chi connectivity index (χ3v) is 4.43. The molecule has 0 aromatic carbocycles. The minimum atomic E-state index is -0.0780. The zero-order valence-electron chi connectivity index (χ0n) is 10.6. The van der Waals surface area contributed by atoms with Gasteiger partial charge in [-0.25, -0.2) is 0 Å². The average Bonchev–Trinajstić information content (AvgIpc) is 2.61. The molecule has 2 heterocycles. The molecule has 1 N–H and O–H groups in total. The van der Waals surface area contributed by atoms with Gasteiger partial charge >= 0.3 is 0 Å². The Morgan fingerprint density at radius 2 is 1.72 bits per heavy atom. The average molecular weight is 248 g/mol. The summed E-state index contributed by atoms with van der Waals surface area (Å²) in [6.07, 6.45) is 8.76. The number of amides is 2. The number of fused-ring (bicyclic) bond motifs is 1. The summed E-state index contributed by atoms with van der Waals surface area (Å²) in [6, 6.07) is 0.0816. The fourth-order valence-corrected chi connectivity index (χ4v) is 3.41. The summed E-state index contributed by atoms with van der Waals surface area (Å²) in [5.74, 6) is -0.0115. The first-order valence-electron chi connectivity index (χ1n) is 7.01. The fourth-order valence-electron chi connectivity index (χ4n) is 3.41. The summed E-state index contributed by atoms with van der Waals surface area (Å²) in [6.45, 7) is 1.77. The van der Waals surface area contributed by atoms with Crippen LogP contribution in [0.25, 0.3) is 0 Å². The van der Waals surface area contributed by atoms with Crippen molar-refractivity contribution in [2.75, 3.05) is 13.1 Å². The Bertz CT molecular complexity index is 357. The Morgan fingerprint density at radius 1 is 1.06 bits per heavy atom. The molecule has 0 aromatic heterocycles. The molecule has 18 heavy (non-hydrogen) atoms. The SMILES string of the molecule is O=C1[C@H]2CC=CC[C@H]2C(=O)N1C1CCCCNC1.